The van der Waals surface area contributed by atoms with Gasteiger partial charge in [0, 0.05) is 59.4 Å². The molecule has 350 valence electrons. The molecule has 1 fully saturated rings. The number of rotatable bonds is 25. The minimum atomic E-state index is -1.39. The maximum absolute atomic E-state index is 14.4. The number of nitrogens with zero attached hydrogens (tertiary/aromatic N) is 3. The summed E-state index contributed by atoms with van der Waals surface area (Å²) < 4.78 is 11.9. The second-order valence-electron chi connectivity index (χ2n) is 17.7. The van der Waals surface area contributed by atoms with Crippen LogP contribution in [0.25, 0.3) is 0 Å². The summed E-state index contributed by atoms with van der Waals surface area (Å²) in [6.07, 6.45) is 3.65. The second-order valence-corrected chi connectivity index (χ2v) is 17.7. The molecule has 2 aliphatic heterocycles. The number of likely N-dealkylation sites (tertiary alicyclic amines) is 1. The number of carbonyl (C=O) groups is 8. The molecular formula is C46H70N6O11. The first-order chi connectivity index (χ1) is 29.7. The first kappa shape index (κ1) is 52.2. The molecule has 17 heteroatoms. The van der Waals surface area contributed by atoms with Crippen LogP contribution in [-0.2, 0) is 54.3 Å². The summed E-state index contributed by atoms with van der Waals surface area (Å²) in [7, 11) is 4.59. The molecule has 7 amide bonds. The smallest absolute Gasteiger partial charge is 0.326 e. The van der Waals surface area contributed by atoms with Gasteiger partial charge in [0.15, 0.2) is 0 Å². The molecule has 1 aromatic carbocycles. The number of hydrogen-bond acceptors (Lipinski definition) is 10. The number of carbonyl (C=O) groups excluding carboxylic acids is 7. The number of ether oxygens (including phenoxy) is 2. The lowest BCUT2D eigenvalue weighted by molar-refractivity contribution is -0.148. The fourth-order valence-electron chi connectivity index (χ4n) is 8.39. The molecule has 1 aromatic rings. The lowest BCUT2D eigenvalue weighted by Crippen LogP contribution is -2.62. The van der Waals surface area contributed by atoms with E-state index in [1.165, 1.54) is 31.3 Å². The molecule has 4 N–H and O–H groups in total. The summed E-state index contributed by atoms with van der Waals surface area (Å²) in [5.41, 5.74) is -0.633. The summed E-state index contributed by atoms with van der Waals surface area (Å²) in [5.74, 6) is -5.37. The van der Waals surface area contributed by atoms with Crippen LogP contribution in [0.2, 0.25) is 0 Å². The van der Waals surface area contributed by atoms with Gasteiger partial charge in [-0.2, -0.15) is 0 Å². The Labute approximate surface area is 372 Å². The molecule has 0 saturated carbocycles. The van der Waals surface area contributed by atoms with Crippen LogP contribution in [-0.4, -0.2) is 143 Å². The van der Waals surface area contributed by atoms with Crippen LogP contribution in [0.5, 0.6) is 0 Å². The molecular weight excluding hydrogens is 813 g/mol. The number of imide groups is 1. The third kappa shape index (κ3) is 14.2. The Balaban J connectivity index is 1.69. The van der Waals surface area contributed by atoms with Crippen molar-refractivity contribution in [2.24, 2.45) is 17.8 Å². The van der Waals surface area contributed by atoms with Gasteiger partial charge in [-0.05, 0) is 56.9 Å². The molecule has 1 saturated heterocycles. The first-order valence-electron chi connectivity index (χ1n) is 22.0. The fraction of sp³-hybridized carbons (Fsp3) is 0.652. The Hall–Kier alpha value is -5.16. The minimum absolute atomic E-state index is 0.0599. The SMILES string of the molecule is CCC(C)C(C(CC(=O)N1CCCC1C(OC)C(C)C(=O)NC(Cc1ccccc1)C(=O)O)OC)N(C)C(=O)C(NC(=O)C(C)(C)NC(=O)CCCCN1C(=O)C=CC1=O)C(C)C. The van der Waals surface area contributed by atoms with E-state index in [0.717, 1.165) is 10.5 Å². The lowest BCUT2D eigenvalue weighted by atomic mass is 9.89. The number of nitrogens with one attached hydrogen (secondary N) is 3. The van der Waals surface area contributed by atoms with E-state index >= 15 is 0 Å². The van der Waals surface area contributed by atoms with Crippen LogP contribution in [0.3, 0.4) is 0 Å². The van der Waals surface area contributed by atoms with E-state index < -0.39 is 77.4 Å². The first-order valence-corrected chi connectivity index (χ1v) is 22.0. The van der Waals surface area contributed by atoms with Crippen LogP contribution in [0.1, 0.15) is 99.0 Å². The maximum atomic E-state index is 14.4. The lowest BCUT2D eigenvalue weighted by Gasteiger charge is -2.41. The van der Waals surface area contributed by atoms with Gasteiger partial charge >= 0.3 is 5.97 Å². The van der Waals surface area contributed by atoms with Gasteiger partial charge in [0.2, 0.25) is 29.5 Å². The second kappa shape index (κ2) is 24.1. The van der Waals surface area contributed by atoms with Gasteiger partial charge in [-0.25, -0.2) is 4.79 Å². The van der Waals surface area contributed by atoms with Crippen molar-refractivity contribution in [2.45, 2.75) is 142 Å². The van der Waals surface area contributed by atoms with Crippen LogP contribution < -0.4 is 16.0 Å². The summed E-state index contributed by atoms with van der Waals surface area (Å²) in [5, 5.41) is 18.2. The van der Waals surface area contributed by atoms with Crippen LogP contribution in [0.4, 0.5) is 0 Å². The van der Waals surface area contributed by atoms with Gasteiger partial charge in [0.25, 0.3) is 11.8 Å². The molecule has 3 rings (SSSR count). The number of unbranched alkanes of at least 4 members (excludes halogenated alkanes) is 1. The van der Waals surface area contributed by atoms with Crippen molar-refractivity contribution in [3.8, 4) is 0 Å². The summed E-state index contributed by atoms with van der Waals surface area (Å²) in [6, 6.07) is 5.79. The monoisotopic (exact) mass is 883 g/mol. The topological polar surface area (TPSA) is 221 Å². The van der Waals surface area contributed by atoms with Crippen molar-refractivity contribution in [2.75, 3.05) is 34.4 Å². The predicted molar refractivity (Wildman–Crippen MR) is 235 cm³/mol. The van der Waals surface area contributed by atoms with Crippen molar-refractivity contribution in [1.82, 2.24) is 30.7 Å². The highest BCUT2D eigenvalue weighted by atomic mass is 16.5. The van der Waals surface area contributed by atoms with Gasteiger partial charge in [0.05, 0.1) is 36.6 Å². The van der Waals surface area contributed by atoms with Crippen LogP contribution >= 0.6 is 0 Å². The molecule has 2 heterocycles. The average Bonchev–Trinajstić information content (AvgIpc) is 3.85. The Bertz CT molecular complexity index is 1780. The molecule has 8 unspecified atom stereocenters. The van der Waals surface area contributed by atoms with Crippen LogP contribution in [0, 0.1) is 17.8 Å². The van der Waals surface area contributed by atoms with E-state index in [4.69, 9.17) is 9.47 Å². The van der Waals surface area contributed by atoms with Crippen molar-refractivity contribution in [3.63, 3.8) is 0 Å². The minimum Gasteiger partial charge on any atom is -0.480 e. The third-order valence-corrected chi connectivity index (χ3v) is 12.3. The van der Waals surface area contributed by atoms with E-state index in [-0.39, 0.29) is 55.4 Å². The number of amides is 7. The van der Waals surface area contributed by atoms with E-state index in [0.29, 0.717) is 38.6 Å². The number of methoxy groups -OCH3 is 2. The third-order valence-electron chi connectivity index (χ3n) is 12.3. The molecule has 17 nitrogen and oxygen atoms in total. The number of hydrogen-bond donors (Lipinski definition) is 4. The van der Waals surface area contributed by atoms with Crippen LogP contribution in [0.15, 0.2) is 42.5 Å². The molecule has 2 aliphatic rings. The molecule has 8 atom stereocenters. The largest absolute Gasteiger partial charge is 0.480 e. The van der Waals surface area contributed by atoms with Crippen molar-refractivity contribution in [3.05, 3.63) is 48.0 Å². The number of aliphatic carboxylic acids is 1. The number of likely N-dealkylation sites (N-methyl/N-ethyl adjacent to an activating group) is 1. The quantitative estimate of drug-likeness (QED) is 0.0827. The summed E-state index contributed by atoms with van der Waals surface area (Å²) in [4.78, 5) is 109. The Morgan fingerprint density at radius 1 is 0.937 bits per heavy atom. The van der Waals surface area contributed by atoms with E-state index in [1.807, 2.05) is 19.9 Å². The van der Waals surface area contributed by atoms with Gasteiger partial charge in [-0.3, -0.25) is 38.5 Å². The van der Waals surface area contributed by atoms with E-state index in [1.54, 1.807) is 70.8 Å². The fourth-order valence-corrected chi connectivity index (χ4v) is 8.39. The van der Waals surface area contributed by atoms with Gasteiger partial charge in [0.1, 0.15) is 17.6 Å². The zero-order valence-electron chi connectivity index (χ0n) is 38.7. The molecule has 0 bridgehead atoms. The Morgan fingerprint density at radius 2 is 1.57 bits per heavy atom. The van der Waals surface area contributed by atoms with Gasteiger partial charge in [-0.15, -0.1) is 0 Å². The van der Waals surface area contributed by atoms with Crippen molar-refractivity contribution in [1.29, 1.82) is 0 Å². The van der Waals surface area contributed by atoms with Gasteiger partial charge < -0.3 is 40.3 Å². The highest BCUT2D eigenvalue weighted by molar-refractivity contribution is 6.12. The Kier molecular flexibility index (Phi) is 19.9. The highest BCUT2D eigenvalue weighted by Crippen LogP contribution is 2.30. The zero-order valence-corrected chi connectivity index (χ0v) is 38.7. The molecule has 0 spiro atoms. The Morgan fingerprint density at radius 3 is 2.13 bits per heavy atom. The summed E-state index contributed by atoms with van der Waals surface area (Å²) >= 11 is 0. The number of carboxylic acid groups (broad SMARTS) is 1. The highest BCUT2D eigenvalue weighted by Gasteiger charge is 2.44. The number of carboxylic acids is 1. The predicted octanol–water partition coefficient (Wildman–Crippen LogP) is 2.85. The molecule has 0 aliphatic carbocycles. The molecule has 0 aromatic heterocycles. The van der Waals surface area contributed by atoms with Crippen molar-refractivity contribution < 1.29 is 52.9 Å². The summed E-state index contributed by atoms with van der Waals surface area (Å²) in [6.45, 7) is 12.9. The molecule has 63 heavy (non-hydrogen) atoms. The maximum Gasteiger partial charge on any atom is 0.326 e. The van der Waals surface area contributed by atoms with E-state index in [9.17, 15) is 43.5 Å². The van der Waals surface area contributed by atoms with Gasteiger partial charge in [-0.1, -0.05) is 71.4 Å². The average molecular weight is 883 g/mol. The number of benzene rings is 1. The van der Waals surface area contributed by atoms with Crippen molar-refractivity contribution >= 4 is 47.3 Å². The normalized spacial score (nSPS) is 18.6. The molecule has 0 radical (unpaired) electrons. The standard InChI is InChI=1S/C46H70N6O11/c1-11-29(4)40(50(8)43(58)39(28(2)3)48-45(61)46(6,7)49-35(53)21-15-16-24-52-36(54)22-23-37(52)55)34(62-9)27-38(56)51-25-17-20-33(51)41(63-10)30(5)42(57)47-32(44(59)60)26-31-18-13-12-14-19-31/h12-14,18-19,22-23,28-30,32-34,39-41H,11,15-17,20-21,24-27H2,1-10H3,(H,47,57)(H,48,61)(H,49,53)(H,59,60). The van der Waals surface area contributed by atoms with E-state index in [2.05, 4.69) is 16.0 Å². The zero-order chi connectivity index (χ0) is 47.2.